The van der Waals surface area contributed by atoms with Gasteiger partial charge in [0.2, 0.25) is 11.8 Å². The number of aryl methyl sites for hydroxylation is 1. The lowest BCUT2D eigenvalue weighted by molar-refractivity contribution is -0.136. The van der Waals surface area contributed by atoms with E-state index in [0.717, 1.165) is 44.7 Å². The number of piperidine rings is 1. The van der Waals surface area contributed by atoms with Crippen LogP contribution >= 0.6 is 0 Å². The summed E-state index contributed by atoms with van der Waals surface area (Å²) in [4.78, 5) is 56.6. The van der Waals surface area contributed by atoms with Gasteiger partial charge in [0.15, 0.2) is 0 Å². The Hall–Kier alpha value is -4.90. The smallest absolute Gasteiger partial charge is 0.264 e. The average Bonchev–Trinajstić information content (AvgIpc) is 3.68. The number of pyridine rings is 1. The van der Waals surface area contributed by atoms with Gasteiger partial charge < -0.3 is 10.1 Å². The van der Waals surface area contributed by atoms with Gasteiger partial charge in [-0.1, -0.05) is 6.07 Å². The van der Waals surface area contributed by atoms with Crippen LogP contribution in [0.1, 0.15) is 51.7 Å². The lowest BCUT2D eigenvalue weighted by Gasteiger charge is -2.27. The molecule has 7 rings (SSSR count). The summed E-state index contributed by atoms with van der Waals surface area (Å²) >= 11 is 0. The number of ether oxygens (including phenoxy) is 1. The summed E-state index contributed by atoms with van der Waals surface area (Å²) < 4.78 is 7.61. The van der Waals surface area contributed by atoms with Gasteiger partial charge in [-0.05, 0) is 61.7 Å². The number of rotatable bonds is 5. The van der Waals surface area contributed by atoms with Crippen LogP contribution in [0.15, 0.2) is 54.9 Å². The Bertz CT molecular complexity index is 1770. The molecule has 0 radical (unpaired) electrons. The standard InChI is InChI=1S/C30H26N6O5/c1-16-11-17(7-9-31-16)21-13-25-18(14-32-36(25)19-8-10-41-15-19)12-23(21)33-22-4-2-3-20-27(22)30(40)35(29(20)39)24-5-6-26(37)34-28(24)38/h2-4,7,9,11-14,19,24,33H,5-6,8,10,15H2,1H3,(H,34,37,38)/t19-,24+/m1/s1. The van der Waals surface area contributed by atoms with Gasteiger partial charge in [0.1, 0.15) is 6.04 Å². The SMILES string of the molecule is Cc1cc(-c2cc3c(cnn3[C@@H]3CCOC3)cc2Nc2cccc3c2C(=O)N([C@H]2CCC(=O)NC2=O)C3=O)ccn1. The Morgan fingerprint density at radius 1 is 1.00 bits per heavy atom. The number of nitrogens with zero attached hydrogens (tertiary/aromatic N) is 4. The molecule has 0 aliphatic carbocycles. The molecule has 2 atom stereocenters. The highest BCUT2D eigenvalue weighted by atomic mass is 16.5. The molecular formula is C30H26N6O5. The van der Waals surface area contributed by atoms with E-state index in [0.29, 0.717) is 18.9 Å². The van der Waals surface area contributed by atoms with E-state index in [1.54, 1.807) is 24.4 Å². The van der Waals surface area contributed by atoms with E-state index in [2.05, 4.69) is 26.8 Å². The quantitative estimate of drug-likeness (QED) is 0.361. The third-order valence-corrected chi connectivity index (χ3v) is 7.93. The fourth-order valence-corrected chi connectivity index (χ4v) is 5.92. The van der Waals surface area contributed by atoms with Gasteiger partial charge in [0, 0.05) is 41.6 Å². The normalized spacial score (nSPS) is 20.6. The van der Waals surface area contributed by atoms with E-state index in [1.165, 1.54) is 0 Å². The number of carbonyl (C=O) groups is 4. The Balaban J connectivity index is 1.31. The molecule has 11 heteroatoms. The van der Waals surface area contributed by atoms with Gasteiger partial charge in [0.05, 0.1) is 41.2 Å². The van der Waals surface area contributed by atoms with Crippen molar-refractivity contribution in [3.8, 4) is 11.1 Å². The van der Waals surface area contributed by atoms with Crippen LogP contribution in [0, 0.1) is 6.92 Å². The van der Waals surface area contributed by atoms with Crippen LogP contribution in [0.5, 0.6) is 0 Å². The molecule has 2 fully saturated rings. The highest BCUT2D eigenvalue weighted by molar-refractivity contribution is 6.25. The van der Waals surface area contributed by atoms with Gasteiger partial charge in [-0.2, -0.15) is 5.10 Å². The molecule has 2 saturated heterocycles. The Morgan fingerprint density at radius 2 is 1.88 bits per heavy atom. The number of aromatic nitrogens is 3. The van der Waals surface area contributed by atoms with Crippen molar-refractivity contribution in [3.05, 3.63) is 71.7 Å². The van der Waals surface area contributed by atoms with E-state index in [-0.39, 0.29) is 30.0 Å². The summed E-state index contributed by atoms with van der Waals surface area (Å²) in [5.74, 6) is -2.18. The van der Waals surface area contributed by atoms with Gasteiger partial charge in [-0.3, -0.25) is 39.1 Å². The monoisotopic (exact) mass is 550 g/mol. The number of nitrogens with one attached hydrogen (secondary N) is 2. The Labute approximate surface area is 234 Å². The minimum absolute atomic E-state index is 0.0598. The topological polar surface area (TPSA) is 136 Å². The predicted octanol–water partition coefficient (Wildman–Crippen LogP) is 3.51. The van der Waals surface area contributed by atoms with E-state index in [9.17, 15) is 19.2 Å². The van der Waals surface area contributed by atoms with Crippen LogP contribution in [-0.4, -0.2) is 62.5 Å². The van der Waals surface area contributed by atoms with Crippen LogP contribution in [0.3, 0.4) is 0 Å². The zero-order valence-electron chi connectivity index (χ0n) is 22.2. The lowest BCUT2D eigenvalue weighted by atomic mass is 10.0. The number of imide groups is 2. The number of benzene rings is 2. The minimum Gasteiger partial charge on any atom is -0.379 e. The maximum absolute atomic E-state index is 13.7. The minimum atomic E-state index is -1.04. The molecule has 2 N–H and O–H groups in total. The molecule has 0 saturated carbocycles. The number of amides is 4. The maximum atomic E-state index is 13.7. The number of fused-ring (bicyclic) bond motifs is 2. The van der Waals surface area contributed by atoms with Crippen LogP contribution in [0.2, 0.25) is 0 Å². The van der Waals surface area contributed by atoms with Crippen molar-refractivity contribution < 1.29 is 23.9 Å². The first kappa shape index (κ1) is 25.1. The molecule has 4 amide bonds. The molecule has 3 aliphatic rings. The van der Waals surface area contributed by atoms with Gasteiger partial charge in [-0.15, -0.1) is 0 Å². The van der Waals surface area contributed by atoms with Crippen LogP contribution < -0.4 is 10.6 Å². The van der Waals surface area contributed by atoms with Crippen molar-refractivity contribution in [1.29, 1.82) is 0 Å². The predicted molar refractivity (Wildman–Crippen MR) is 149 cm³/mol. The van der Waals surface area contributed by atoms with Crippen molar-refractivity contribution in [3.63, 3.8) is 0 Å². The van der Waals surface area contributed by atoms with Crippen molar-refractivity contribution >= 4 is 45.9 Å². The summed E-state index contributed by atoms with van der Waals surface area (Å²) in [7, 11) is 0. The third kappa shape index (κ3) is 4.16. The van der Waals surface area contributed by atoms with Crippen molar-refractivity contribution in [2.45, 2.75) is 38.3 Å². The fraction of sp³-hybridized carbons (Fsp3) is 0.267. The molecule has 3 aliphatic heterocycles. The highest BCUT2D eigenvalue weighted by Crippen LogP contribution is 2.39. The summed E-state index contributed by atoms with van der Waals surface area (Å²) in [5.41, 5.74) is 5.19. The van der Waals surface area contributed by atoms with Crippen molar-refractivity contribution in [2.24, 2.45) is 0 Å². The molecule has 11 nitrogen and oxygen atoms in total. The highest BCUT2D eigenvalue weighted by Gasteiger charge is 2.45. The molecule has 206 valence electrons. The third-order valence-electron chi connectivity index (χ3n) is 7.93. The molecule has 41 heavy (non-hydrogen) atoms. The zero-order valence-corrected chi connectivity index (χ0v) is 22.2. The molecular weight excluding hydrogens is 524 g/mol. The summed E-state index contributed by atoms with van der Waals surface area (Å²) in [6.07, 6.45) is 4.61. The van der Waals surface area contributed by atoms with E-state index < -0.39 is 29.7 Å². The second kappa shape index (κ2) is 9.63. The fourth-order valence-electron chi connectivity index (χ4n) is 5.92. The zero-order chi connectivity index (χ0) is 28.2. The first-order chi connectivity index (χ1) is 19.9. The first-order valence-electron chi connectivity index (χ1n) is 13.5. The molecule has 5 heterocycles. The maximum Gasteiger partial charge on any atom is 0.264 e. The largest absolute Gasteiger partial charge is 0.379 e. The van der Waals surface area contributed by atoms with Crippen molar-refractivity contribution in [1.82, 2.24) is 25.0 Å². The van der Waals surface area contributed by atoms with Gasteiger partial charge in [0.25, 0.3) is 11.8 Å². The molecule has 2 aromatic carbocycles. The van der Waals surface area contributed by atoms with Gasteiger partial charge in [-0.25, -0.2) is 0 Å². The van der Waals surface area contributed by atoms with Crippen molar-refractivity contribution in [2.75, 3.05) is 18.5 Å². The average molecular weight is 551 g/mol. The first-order valence-corrected chi connectivity index (χ1v) is 13.5. The number of hydrogen-bond acceptors (Lipinski definition) is 8. The Kier molecular flexibility index (Phi) is 5.89. The summed E-state index contributed by atoms with van der Waals surface area (Å²) in [6.45, 7) is 3.23. The molecule has 0 spiro atoms. The number of anilines is 2. The van der Waals surface area contributed by atoms with E-state index in [1.807, 2.05) is 36.0 Å². The van der Waals surface area contributed by atoms with E-state index >= 15 is 0 Å². The second-order valence-corrected chi connectivity index (χ2v) is 10.5. The number of carbonyl (C=O) groups excluding carboxylic acids is 4. The van der Waals surface area contributed by atoms with Crippen LogP contribution in [0.25, 0.3) is 22.0 Å². The molecule has 4 aromatic rings. The van der Waals surface area contributed by atoms with Gasteiger partial charge >= 0.3 is 0 Å². The second-order valence-electron chi connectivity index (χ2n) is 10.5. The molecule has 2 aromatic heterocycles. The van der Waals surface area contributed by atoms with Crippen LogP contribution in [-0.2, 0) is 14.3 Å². The summed E-state index contributed by atoms with van der Waals surface area (Å²) in [6, 6.07) is 12.1. The lowest BCUT2D eigenvalue weighted by Crippen LogP contribution is -2.54. The Morgan fingerprint density at radius 3 is 2.66 bits per heavy atom. The van der Waals surface area contributed by atoms with Crippen LogP contribution in [0.4, 0.5) is 11.4 Å². The van der Waals surface area contributed by atoms with E-state index in [4.69, 9.17) is 4.74 Å². The summed E-state index contributed by atoms with van der Waals surface area (Å²) in [5, 5.41) is 11.2. The molecule has 0 unspecified atom stereocenters. The number of hydrogen-bond donors (Lipinski definition) is 2. The molecule has 0 bridgehead atoms.